The molecule has 3 heterocycles. The lowest BCUT2D eigenvalue weighted by Crippen LogP contribution is -2.57. The summed E-state index contributed by atoms with van der Waals surface area (Å²) in [6.45, 7) is 1.67. The number of nitrogens with zero attached hydrogens (tertiary/aromatic N) is 1. The Balaban J connectivity index is 1.81. The van der Waals surface area contributed by atoms with Crippen LogP contribution in [0.3, 0.4) is 0 Å². The maximum Gasteiger partial charge on any atom is 0.416 e. The Morgan fingerprint density at radius 1 is 0.923 bits per heavy atom. The van der Waals surface area contributed by atoms with Crippen LogP contribution in [0.25, 0.3) is 0 Å². The van der Waals surface area contributed by atoms with Crippen LogP contribution in [0.15, 0.2) is 54.6 Å². The molecule has 2 atom stereocenters. The molecule has 0 aliphatic carbocycles. The predicted octanol–water partition coefficient (Wildman–Crippen LogP) is 4.50. The Labute approximate surface area is 150 Å². The number of hydrogen-bond acceptors (Lipinski definition) is 2. The number of alkyl halides is 3. The minimum atomic E-state index is -4.40. The maximum atomic E-state index is 13.2. The van der Waals surface area contributed by atoms with Crippen LogP contribution in [-0.2, 0) is 11.0 Å². The van der Waals surface area contributed by atoms with E-state index in [1.54, 1.807) is 6.07 Å². The molecule has 0 aromatic heterocycles. The van der Waals surface area contributed by atoms with Gasteiger partial charge >= 0.3 is 6.18 Å². The first-order chi connectivity index (χ1) is 12.4. The van der Waals surface area contributed by atoms with Gasteiger partial charge in [-0.15, -0.1) is 0 Å². The quantitative estimate of drug-likeness (QED) is 0.804. The molecule has 0 amide bonds. The van der Waals surface area contributed by atoms with E-state index < -0.39 is 11.7 Å². The zero-order chi connectivity index (χ0) is 18.3. The highest BCUT2D eigenvalue weighted by Crippen LogP contribution is 2.41. The van der Waals surface area contributed by atoms with E-state index in [-0.39, 0.29) is 23.7 Å². The van der Waals surface area contributed by atoms with E-state index in [1.807, 2.05) is 30.3 Å². The highest BCUT2D eigenvalue weighted by molar-refractivity contribution is 5.89. The lowest BCUT2D eigenvalue weighted by molar-refractivity contribution is -0.137. The first kappa shape index (κ1) is 17.3. The molecule has 2 nitrogen and oxygen atoms in total. The zero-order valence-corrected chi connectivity index (χ0v) is 14.2. The van der Waals surface area contributed by atoms with Crippen LogP contribution in [0, 0.1) is 5.92 Å². The number of piperidine rings is 3. The number of fused-ring (bicyclic) bond motifs is 3. The van der Waals surface area contributed by atoms with E-state index in [0.29, 0.717) is 5.56 Å². The van der Waals surface area contributed by atoms with Crippen LogP contribution in [0.2, 0.25) is 0 Å². The van der Waals surface area contributed by atoms with Gasteiger partial charge in [-0.2, -0.15) is 13.2 Å². The summed E-state index contributed by atoms with van der Waals surface area (Å²) in [5.74, 6) is -0.162. The minimum Gasteiger partial charge on any atom is -0.298 e. The standard InChI is InChI=1S/C21H20F3NO/c22-21(23,24)17-8-4-7-16(13-17)18(14-5-2-1-3-6-14)19-20(26)15-9-11-25(19)12-10-15/h1-8,13,15,18-19H,9-12H2. The molecular formula is C21H20F3NO. The fraction of sp³-hybridized carbons (Fsp3) is 0.381. The molecule has 3 aliphatic rings. The maximum absolute atomic E-state index is 13.2. The summed E-state index contributed by atoms with van der Waals surface area (Å²) in [5, 5.41) is 0. The number of hydrogen-bond donors (Lipinski definition) is 0. The van der Waals surface area contributed by atoms with Crippen molar-refractivity contribution in [3.8, 4) is 0 Å². The van der Waals surface area contributed by atoms with Gasteiger partial charge in [0.1, 0.15) is 0 Å². The normalized spacial score (nSPS) is 26.7. The molecule has 3 fully saturated rings. The van der Waals surface area contributed by atoms with Gasteiger partial charge in [0.25, 0.3) is 0 Å². The van der Waals surface area contributed by atoms with Crippen molar-refractivity contribution >= 4 is 5.78 Å². The molecule has 2 bridgehead atoms. The van der Waals surface area contributed by atoms with Crippen LogP contribution in [0.1, 0.15) is 35.4 Å². The monoisotopic (exact) mass is 359 g/mol. The number of halogens is 3. The van der Waals surface area contributed by atoms with E-state index in [9.17, 15) is 18.0 Å². The second-order valence-electron chi connectivity index (χ2n) is 7.17. The average Bonchev–Trinajstić information content (AvgIpc) is 2.65. The van der Waals surface area contributed by atoms with Crippen LogP contribution in [0.5, 0.6) is 0 Å². The van der Waals surface area contributed by atoms with Crippen molar-refractivity contribution in [2.45, 2.75) is 31.0 Å². The van der Waals surface area contributed by atoms with Crippen molar-refractivity contribution in [3.05, 3.63) is 71.3 Å². The van der Waals surface area contributed by atoms with Gasteiger partial charge in [0.15, 0.2) is 5.78 Å². The second-order valence-corrected chi connectivity index (χ2v) is 7.17. The van der Waals surface area contributed by atoms with Crippen molar-refractivity contribution in [3.63, 3.8) is 0 Å². The van der Waals surface area contributed by atoms with Crippen molar-refractivity contribution in [1.82, 2.24) is 4.90 Å². The van der Waals surface area contributed by atoms with Crippen molar-refractivity contribution in [2.24, 2.45) is 5.92 Å². The number of carbonyl (C=O) groups is 1. The van der Waals surface area contributed by atoms with E-state index >= 15 is 0 Å². The van der Waals surface area contributed by atoms with Gasteiger partial charge in [-0.05, 0) is 43.1 Å². The number of rotatable bonds is 3. The molecule has 0 spiro atoms. The minimum absolute atomic E-state index is 0.0435. The third-order valence-corrected chi connectivity index (χ3v) is 5.66. The molecule has 3 aliphatic heterocycles. The van der Waals surface area contributed by atoms with Crippen molar-refractivity contribution < 1.29 is 18.0 Å². The van der Waals surface area contributed by atoms with Gasteiger partial charge in [0.05, 0.1) is 11.6 Å². The summed E-state index contributed by atoms with van der Waals surface area (Å²) in [4.78, 5) is 15.1. The third-order valence-electron chi connectivity index (χ3n) is 5.66. The predicted molar refractivity (Wildman–Crippen MR) is 92.8 cm³/mol. The van der Waals surface area contributed by atoms with E-state index in [2.05, 4.69) is 4.90 Å². The van der Waals surface area contributed by atoms with Gasteiger partial charge < -0.3 is 0 Å². The van der Waals surface area contributed by atoms with E-state index in [0.717, 1.165) is 37.6 Å². The Morgan fingerprint density at radius 2 is 1.58 bits per heavy atom. The van der Waals surface area contributed by atoms with Gasteiger partial charge in [0, 0.05) is 11.8 Å². The summed E-state index contributed by atoms with van der Waals surface area (Å²) in [6, 6.07) is 14.5. The largest absolute Gasteiger partial charge is 0.416 e. The third kappa shape index (κ3) is 3.05. The highest BCUT2D eigenvalue weighted by Gasteiger charge is 2.45. The SMILES string of the molecule is O=C1C2CCN(CC2)C1C(c1ccccc1)c1cccc(C(F)(F)F)c1. The fourth-order valence-electron chi connectivity index (χ4n) is 4.38. The van der Waals surface area contributed by atoms with Gasteiger partial charge in [-0.1, -0.05) is 48.5 Å². The summed E-state index contributed by atoms with van der Waals surface area (Å²) < 4.78 is 39.7. The molecular weight excluding hydrogens is 339 g/mol. The lowest BCUT2D eigenvalue weighted by atomic mass is 9.73. The molecule has 2 unspecified atom stereocenters. The van der Waals surface area contributed by atoms with E-state index in [1.165, 1.54) is 12.1 Å². The highest BCUT2D eigenvalue weighted by atomic mass is 19.4. The Kier molecular flexibility index (Phi) is 4.35. The van der Waals surface area contributed by atoms with E-state index in [4.69, 9.17) is 0 Å². The summed E-state index contributed by atoms with van der Waals surface area (Å²) >= 11 is 0. The Bertz CT molecular complexity index is 794. The second kappa shape index (κ2) is 6.54. The Hall–Kier alpha value is -2.14. The Morgan fingerprint density at radius 3 is 2.19 bits per heavy atom. The molecule has 0 radical (unpaired) electrons. The van der Waals surface area contributed by atoms with Crippen LogP contribution >= 0.6 is 0 Å². The molecule has 3 saturated heterocycles. The smallest absolute Gasteiger partial charge is 0.298 e. The topological polar surface area (TPSA) is 20.3 Å². The first-order valence-corrected chi connectivity index (χ1v) is 8.95. The molecule has 2 aromatic carbocycles. The molecule has 0 saturated carbocycles. The molecule has 0 N–H and O–H groups in total. The summed E-state index contributed by atoms with van der Waals surface area (Å²) in [6.07, 6.45) is -2.67. The molecule has 136 valence electrons. The van der Waals surface area contributed by atoms with Crippen LogP contribution < -0.4 is 0 Å². The number of ketones is 1. The molecule has 5 rings (SSSR count). The fourth-order valence-corrected chi connectivity index (χ4v) is 4.38. The molecule has 26 heavy (non-hydrogen) atoms. The molecule has 5 heteroatoms. The number of carbonyl (C=O) groups excluding carboxylic acids is 1. The van der Waals surface area contributed by atoms with Gasteiger partial charge in [-0.25, -0.2) is 0 Å². The summed E-state index contributed by atoms with van der Waals surface area (Å²) in [7, 11) is 0. The average molecular weight is 359 g/mol. The van der Waals surface area contributed by atoms with Crippen LogP contribution in [0.4, 0.5) is 13.2 Å². The van der Waals surface area contributed by atoms with Gasteiger partial charge in [-0.3, -0.25) is 9.69 Å². The van der Waals surface area contributed by atoms with Crippen molar-refractivity contribution in [1.29, 1.82) is 0 Å². The lowest BCUT2D eigenvalue weighted by Gasteiger charge is -2.47. The first-order valence-electron chi connectivity index (χ1n) is 8.95. The number of Topliss-reactive ketones (excluding diaryl/α,β-unsaturated/α-hetero) is 1. The van der Waals surface area contributed by atoms with Crippen molar-refractivity contribution in [2.75, 3.05) is 13.1 Å². The molecule has 2 aromatic rings. The zero-order valence-electron chi connectivity index (χ0n) is 14.2. The number of benzene rings is 2. The van der Waals surface area contributed by atoms with Crippen LogP contribution in [-0.4, -0.2) is 29.8 Å². The van der Waals surface area contributed by atoms with Gasteiger partial charge in [0.2, 0.25) is 0 Å². The summed E-state index contributed by atoms with van der Waals surface area (Å²) in [5.41, 5.74) is 0.772.